The Kier molecular flexibility index (Phi) is 9.62. The number of benzene rings is 2. The molecule has 0 fully saturated rings. The van der Waals surface area contributed by atoms with Gasteiger partial charge in [0.15, 0.2) is 0 Å². The SMILES string of the molecule is CC(C)(C)c1cccc(C=NCc2ccccc2)c1[S-].[Cl][Zr][Cl]. The van der Waals surface area contributed by atoms with Crippen molar-refractivity contribution in [1.82, 2.24) is 0 Å². The molecule has 0 atom stereocenters. The van der Waals surface area contributed by atoms with Crippen LogP contribution in [0.3, 0.4) is 0 Å². The molecule has 0 spiro atoms. The molecule has 0 radical (unpaired) electrons. The number of aliphatic imine (C=N–C) groups is 1. The summed E-state index contributed by atoms with van der Waals surface area (Å²) < 4.78 is 0. The number of rotatable bonds is 3. The summed E-state index contributed by atoms with van der Waals surface area (Å²) in [6.07, 6.45) is 1.89. The Hall–Kier alpha value is -0.207. The number of halogens is 2. The van der Waals surface area contributed by atoms with Crippen molar-refractivity contribution >= 4 is 35.9 Å². The molecule has 0 aliphatic heterocycles. The molecule has 0 heterocycles. The molecule has 1 nitrogen and oxygen atoms in total. The van der Waals surface area contributed by atoms with Crippen LogP contribution >= 0.6 is 17.0 Å². The standard InChI is InChI=1S/C18H21NS.2ClH.Zr/c1-18(2,3)16-11-7-10-15(17(16)20)13-19-12-14-8-5-4-6-9-14;;;/h4-11,13,20H,12H2,1-3H3;2*1H;/q;;;+2/p-3. The van der Waals surface area contributed by atoms with Gasteiger partial charge < -0.3 is 12.6 Å². The molecule has 0 amide bonds. The second-order valence-electron chi connectivity index (χ2n) is 6.00. The first-order valence-electron chi connectivity index (χ1n) is 7.20. The Morgan fingerprint density at radius 1 is 1.04 bits per heavy atom. The number of nitrogens with zero attached hydrogens (tertiary/aromatic N) is 1. The minimum atomic E-state index is -0.826. The predicted octanol–water partition coefficient (Wildman–Crippen LogP) is 5.89. The molecule has 0 N–H and O–H groups in total. The molecule has 5 heteroatoms. The Labute approximate surface area is 163 Å². The molecule has 0 saturated carbocycles. The zero-order valence-corrected chi connectivity index (χ0v) is 18.3. The van der Waals surface area contributed by atoms with Gasteiger partial charge in [-0.3, -0.25) is 4.99 Å². The van der Waals surface area contributed by atoms with Crippen molar-refractivity contribution < 1.29 is 20.8 Å². The van der Waals surface area contributed by atoms with Crippen molar-refractivity contribution in [2.75, 3.05) is 0 Å². The van der Waals surface area contributed by atoms with Crippen LogP contribution in [0.25, 0.3) is 0 Å². The van der Waals surface area contributed by atoms with Gasteiger partial charge in [0.1, 0.15) is 0 Å². The van der Waals surface area contributed by atoms with Crippen LogP contribution in [0.5, 0.6) is 0 Å². The first-order chi connectivity index (χ1) is 10.9. The summed E-state index contributed by atoms with van der Waals surface area (Å²) in [5.41, 5.74) is 3.52. The monoisotopic (exact) mass is 442 g/mol. The third-order valence-corrected chi connectivity index (χ3v) is 3.66. The van der Waals surface area contributed by atoms with E-state index in [1.807, 2.05) is 30.5 Å². The second-order valence-corrected chi connectivity index (χ2v) is 10.1. The third-order valence-electron chi connectivity index (χ3n) is 3.20. The zero-order chi connectivity index (χ0) is 17.3. The van der Waals surface area contributed by atoms with Gasteiger partial charge >= 0.3 is 37.9 Å². The molecule has 0 aliphatic rings. The van der Waals surface area contributed by atoms with E-state index in [0.29, 0.717) is 6.54 Å². The Morgan fingerprint density at radius 3 is 2.22 bits per heavy atom. The van der Waals surface area contributed by atoms with Crippen LogP contribution in [-0.2, 0) is 45.4 Å². The fourth-order valence-corrected chi connectivity index (χ4v) is 2.57. The summed E-state index contributed by atoms with van der Waals surface area (Å²) in [7, 11) is 9.87. The van der Waals surface area contributed by atoms with Crippen LogP contribution in [0.15, 0.2) is 58.4 Å². The normalized spacial score (nSPS) is 11.0. The third kappa shape index (κ3) is 7.48. The molecule has 0 unspecified atom stereocenters. The molecular weight excluding hydrogens is 424 g/mol. The average Bonchev–Trinajstić information content (AvgIpc) is 2.50. The molecule has 0 aromatic heterocycles. The van der Waals surface area contributed by atoms with Gasteiger partial charge in [0.05, 0.1) is 6.54 Å². The van der Waals surface area contributed by atoms with E-state index in [1.54, 1.807) is 0 Å². The van der Waals surface area contributed by atoms with Gasteiger partial charge in [-0.2, -0.15) is 4.90 Å². The van der Waals surface area contributed by atoms with Crippen molar-refractivity contribution in [3.8, 4) is 0 Å². The molecular formula is C18H20Cl2NSZr-. The van der Waals surface area contributed by atoms with Crippen LogP contribution in [0.1, 0.15) is 37.5 Å². The van der Waals surface area contributed by atoms with Crippen molar-refractivity contribution in [3.63, 3.8) is 0 Å². The summed E-state index contributed by atoms with van der Waals surface area (Å²) in [6.45, 7) is 7.24. The second kappa shape index (κ2) is 10.6. The number of hydrogen-bond donors (Lipinski definition) is 0. The molecule has 2 aromatic carbocycles. The first kappa shape index (κ1) is 20.8. The Bertz CT molecular complexity index is 625. The van der Waals surface area contributed by atoms with E-state index in [2.05, 4.69) is 50.0 Å². The summed E-state index contributed by atoms with van der Waals surface area (Å²) >= 11 is 4.75. The molecule has 2 rings (SSSR count). The number of hydrogen-bond acceptors (Lipinski definition) is 2. The maximum atomic E-state index is 5.58. The van der Waals surface area contributed by atoms with E-state index in [1.165, 1.54) is 11.1 Å². The topological polar surface area (TPSA) is 12.4 Å². The van der Waals surface area contributed by atoms with E-state index in [9.17, 15) is 0 Å². The quantitative estimate of drug-likeness (QED) is 0.425. The fraction of sp³-hybridized carbons (Fsp3) is 0.278. The minimum absolute atomic E-state index is 0.0698. The van der Waals surface area contributed by atoms with Gasteiger partial charge in [-0.15, -0.1) is 0 Å². The van der Waals surface area contributed by atoms with Gasteiger partial charge in [0.25, 0.3) is 0 Å². The van der Waals surface area contributed by atoms with E-state index < -0.39 is 20.8 Å². The summed E-state index contributed by atoms with van der Waals surface area (Å²) in [5, 5.41) is 0. The Balaban J connectivity index is 0.000000816. The molecule has 122 valence electrons. The van der Waals surface area contributed by atoms with Crippen LogP contribution in [0, 0.1) is 0 Å². The summed E-state index contributed by atoms with van der Waals surface area (Å²) in [5.74, 6) is 0. The molecule has 0 saturated heterocycles. The van der Waals surface area contributed by atoms with Crippen LogP contribution in [0.2, 0.25) is 0 Å². The van der Waals surface area contributed by atoms with Crippen LogP contribution < -0.4 is 0 Å². The van der Waals surface area contributed by atoms with E-state index in [0.717, 1.165) is 10.5 Å². The summed E-state index contributed by atoms with van der Waals surface area (Å²) in [4.78, 5) is 5.42. The van der Waals surface area contributed by atoms with Crippen LogP contribution in [-0.4, -0.2) is 6.21 Å². The van der Waals surface area contributed by atoms with Crippen molar-refractivity contribution in [3.05, 3.63) is 65.2 Å². The van der Waals surface area contributed by atoms with E-state index >= 15 is 0 Å². The maximum absolute atomic E-state index is 5.58. The van der Waals surface area contributed by atoms with Crippen molar-refractivity contribution in [2.24, 2.45) is 4.99 Å². The first-order valence-corrected chi connectivity index (χ1v) is 13.9. The molecule has 0 bridgehead atoms. The average molecular weight is 445 g/mol. The van der Waals surface area contributed by atoms with Gasteiger partial charge in [-0.1, -0.05) is 74.9 Å². The molecule has 23 heavy (non-hydrogen) atoms. The van der Waals surface area contributed by atoms with E-state index in [4.69, 9.17) is 29.7 Å². The van der Waals surface area contributed by atoms with Crippen molar-refractivity contribution in [1.29, 1.82) is 0 Å². The summed E-state index contributed by atoms with van der Waals surface area (Å²) in [6, 6.07) is 16.4. The fourth-order valence-electron chi connectivity index (χ4n) is 2.08. The zero-order valence-electron chi connectivity index (χ0n) is 13.5. The van der Waals surface area contributed by atoms with Gasteiger partial charge in [0.2, 0.25) is 0 Å². The van der Waals surface area contributed by atoms with Gasteiger partial charge in [0, 0.05) is 6.21 Å². The van der Waals surface area contributed by atoms with Gasteiger partial charge in [-0.25, -0.2) is 0 Å². The Morgan fingerprint density at radius 2 is 1.65 bits per heavy atom. The van der Waals surface area contributed by atoms with Crippen molar-refractivity contribution in [2.45, 2.75) is 37.6 Å². The van der Waals surface area contributed by atoms with E-state index in [-0.39, 0.29) is 5.41 Å². The molecule has 2 aromatic rings. The predicted molar refractivity (Wildman–Crippen MR) is 100 cm³/mol. The molecule has 0 aliphatic carbocycles. The van der Waals surface area contributed by atoms with Gasteiger partial charge in [-0.05, 0) is 16.5 Å². The van der Waals surface area contributed by atoms with Crippen LogP contribution in [0.4, 0.5) is 0 Å².